The fraction of sp³-hybridized carbons (Fsp3) is 0. The molecule has 2 radical (unpaired) electrons. The topological polar surface area (TPSA) is 0 Å². The Kier molecular flexibility index (Phi) is 1.48. The Labute approximate surface area is 49.5 Å². The van der Waals surface area contributed by atoms with Crippen LogP contribution in [0.3, 0.4) is 0 Å². The van der Waals surface area contributed by atoms with Gasteiger partial charge in [-0.25, -0.2) is 0 Å². The van der Waals surface area contributed by atoms with Crippen LogP contribution < -0.4 is 0 Å². The number of hydrogen-bond donors (Lipinski definition) is 0. The van der Waals surface area contributed by atoms with E-state index in [2.05, 4.69) is 18.7 Å². The van der Waals surface area contributed by atoms with E-state index in [-0.39, 0.29) is 0 Å². The van der Waals surface area contributed by atoms with Crippen molar-refractivity contribution < 1.29 is 0 Å². The molecule has 0 N–H and O–H groups in total. The van der Waals surface area contributed by atoms with Gasteiger partial charge in [0.2, 0.25) is 0 Å². The van der Waals surface area contributed by atoms with Gasteiger partial charge in [0.15, 0.2) is 0 Å². The first-order valence-corrected chi connectivity index (χ1v) is 2.43. The van der Waals surface area contributed by atoms with Gasteiger partial charge in [-0.3, -0.25) is 0 Å². The smallest absolute Gasteiger partial charge is 0.0105 e. The molecule has 0 saturated carbocycles. The van der Waals surface area contributed by atoms with E-state index in [0.29, 0.717) is 0 Å². The first kappa shape index (κ1) is 5.10. The molecule has 0 spiro atoms. The minimum absolute atomic E-state index is 0.993. The molecule has 0 atom stereocenters. The van der Waals surface area contributed by atoms with Gasteiger partial charge in [-0.15, -0.1) is 0 Å². The van der Waals surface area contributed by atoms with Crippen molar-refractivity contribution in [2.75, 3.05) is 0 Å². The molecule has 0 amide bonds. The van der Waals surface area contributed by atoms with Crippen molar-refractivity contribution in [1.82, 2.24) is 0 Å². The van der Waals surface area contributed by atoms with Crippen LogP contribution in [0.1, 0.15) is 5.56 Å². The van der Waals surface area contributed by atoms with E-state index in [9.17, 15) is 0 Å². The van der Waals surface area contributed by atoms with Gasteiger partial charge in [0.05, 0.1) is 0 Å². The van der Waals surface area contributed by atoms with Crippen molar-refractivity contribution >= 4 is 6.08 Å². The summed E-state index contributed by atoms with van der Waals surface area (Å²) in [5.41, 5.74) is 0.993. The Morgan fingerprint density at radius 2 is 2.38 bits per heavy atom. The molecule has 8 heavy (non-hydrogen) atoms. The van der Waals surface area contributed by atoms with E-state index in [4.69, 9.17) is 0 Å². The van der Waals surface area contributed by atoms with Gasteiger partial charge < -0.3 is 0 Å². The molecule has 0 nitrogen and oxygen atoms in total. The molecule has 0 unspecified atom stereocenters. The van der Waals surface area contributed by atoms with Crippen LogP contribution >= 0.6 is 0 Å². The zero-order valence-corrected chi connectivity index (χ0v) is 4.52. The van der Waals surface area contributed by atoms with Crippen molar-refractivity contribution in [1.29, 1.82) is 0 Å². The SMILES string of the molecule is C=Cc1[c]cc[c]c1. The summed E-state index contributed by atoms with van der Waals surface area (Å²) in [5, 5.41) is 0. The Bertz CT molecular complexity index is 163. The van der Waals surface area contributed by atoms with Crippen LogP contribution in [0.5, 0.6) is 0 Å². The number of benzene rings is 1. The molecule has 0 bridgehead atoms. The monoisotopic (exact) mass is 102 g/mol. The second-order valence-corrected chi connectivity index (χ2v) is 1.45. The third-order valence-electron chi connectivity index (χ3n) is 0.888. The van der Waals surface area contributed by atoms with E-state index >= 15 is 0 Å². The first-order valence-electron chi connectivity index (χ1n) is 2.43. The van der Waals surface area contributed by atoms with Crippen molar-refractivity contribution in [3.8, 4) is 0 Å². The van der Waals surface area contributed by atoms with Gasteiger partial charge >= 0.3 is 0 Å². The van der Waals surface area contributed by atoms with E-state index in [1.165, 1.54) is 0 Å². The lowest BCUT2D eigenvalue weighted by atomic mass is 10.2. The van der Waals surface area contributed by atoms with Crippen LogP contribution in [0.4, 0.5) is 0 Å². The van der Waals surface area contributed by atoms with E-state index in [1.54, 1.807) is 6.08 Å². The Balaban J connectivity index is 2.99. The Morgan fingerprint density at radius 1 is 1.50 bits per heavy atom. The van der Waals surface area contributed by atoms with Crippen LogP contribution in [0.25, 0.3) is 6.08 Å². The molecule has 1 aromatic carbocycles. The standard InChI is InChI=1S/C8H6/c1-2-8-6-4-3-5-7-8/h2-4,7H,1H2. The molecule has 0 aliphatic heterocycles. The van der Waals surface area contributed by atoms with E-state index < -0.39 is 0 Å². The summed E-state index contributed by atoms with van der Waals surface area (Å²) in [6, 6.07) is 11.3. The largest absolute Gasteiger partial charge is 0.0984 e. The lowest BCUT2D eigenvalue weighted by Crippen LogP contribution is -1.65. The zero-order valence-electron chi connectivity index (χ0n) is 4.52. The predicted molar refractivity (Wildman–Crippen MR) is 34.2 cm³/mol. The molecule has 38 valence electrons. The average molecular weight is 102 g/mol. The van der Waals surface area contributed by atoms with Crippen LogP contribution in [0.2, 0.25) is 0 Å². The summed E-state index contributed by atoms with van der Waals surface area (Å²) in [7, 11) is 0. The van der Waals surface area contributed by atoms with Crippen LogP contribution in [-0.2, 0) is 0 Å². The summed E-state index contributed by atoms with van der Waals surface area (Å²) < 4.78 is 0. The second-order valence-electron chi connectivity index (χ2n) is 1.45. The highest BCUT2D eigenvalue weighted by molar-refractivity contribution is 5.44. The predicted octanol–water partition coefficient (Wildman–Crippen LogP) is 1.93. The summed E-state index contributed by atoms with van der Waals surface area (Å²) >= 11 is 0. The summed E-state index contributed by atoms with van der Waals surface area (Å²) in [6.45, 7) is 3.58. The van der Waals surface area contributed by atoms with E-state index in [1.807, 2.05) is 18.2 Å². The van der Waals surface area contributed by atoms with Gasteiger partial charge in [0.1, 0.15) is 0 Å². The van der Waals surface area contributed by atoms with Crippen LogP contribution in [0.15, 0.2) is 24.8 Å². The summed E-state index contributed by atoms with van der Waals surface area (Å²) in [6.07, 6.45) is 1.75. The molecule has 0 aromatic heterocycles. The Hall–Kier alpha value is -1.04. The molecule has 0 heterocycles. The van der Waals surface area contributed by atoms with Gasteiger partial charge in [0, 0.05) is 0 Å². The van der Waals surface area contributed by atoms with Crippen molar-refractivity contribution in [3.05, 3.63) is 42.5 Å². The second kappa shape index (κ2) is 2.31. The van der Waals surface area contributed by atoms with Gasteiger partial charge in [-0.1, -0.05) is 24.8 Å². The molecule has 0 saturated heterocycles. The van der Waals surface area contributed by atoms with Crippen molar-refractivity contribution in [3.63, 3.8) is 0 Å². The number of rotatable bonds is 1. The maximum atomic E-state index is 3.58. The third-order valence-corrected chi connectivity index (χ3v) is 0.888. The highest BCUT2D eigenvalue weighted by Crippen LogP contribution is 1.95. The molecular formula is C8H6. The fourth-order valence-electron chi connectivity index (χ4n) is 0.483. The summed E-state index contributed by atoms with van der Waals surface area (Å²) in [4.78, 5) is 0. The molecule has 0 fully saturated rings. The maximum absolute atomic E-state index is 3.58. The Morgan fingerprint density at radius 3 is 2.75 bits per heavy atom. The highest BCUT2D eigenvalue weighted by atomic mass is 13.8. The minimum Gasteiger partial charge on any atom is -0.0984 e. The zero-order chi connectivity index (χ0) is 5.82. The lowest BCUT2D eigenvalue weighted by Gasteiger charge is -1.83. The quantitative estimate of drug-likeness (QED) is 0.508. The first-order chi connectivity index (χ1) is 3.93. The molecule has 0 aliphatic rings. The van der Waals surface area contributed by atoms with Gasteiger partial charge in [0.25, 0.3) is 0 Å². The minimum atomic E-state index is 0.993. The molecule has 0 heteroatoms. The normalized spacial score (nSPS) is 8.50. The van der Waals surface area contributed by atoms with Crippen LogP contribution in [-0.4, -0.2) is 0 Å². The van der Waals surface area contributed by atoms with Gasteiger partial charge in [-0.05, 0) is 23.8 Å². The summed E-state index contributed by atoms with van der Waals surface area (Å²) in [5.74, 6) is 0. The number of hydrogen-bond acceptors (Lipinski definition) is 0. The molecular weight excluding hydrogens is 96.1 g/mol. The van der Waals surface area contributed by atoms with Crippen molar-refractivity contribution in [2.45, 2.75) is 0 Å². The van der Waals surface area contributed by atoms with E-state index in [0.717, 1.165) is 5.56 Å². The van der Waals surface area contributed by atoms with Crippen molar-refractivity contribution in [2.24, 2.45) is 0 Å². The maximum Gasteiger partial charge on any atom is -0.0105 e. The van der Waals surface area contributed by atoms with Gasteiger partial charge in [-0.2, -0.15) is 0 Å². The molecule has 1 aromatic rings. The molecule has 0 aliphatic carbocycles. The van der Waals surface area contributed by atoms with Crippen LogP contribution in [0, 0.1) is 12.1 Å². The third kappa shape index (κ3) is 0.969. The average Bonchev–Trinajstić information content (AvgIpc) is 1.90. The lowest BCUT2D eigenvalue weighted by molar-refractivity contribution is 1.63. The fourth-order valence-corrected chi connectivity index (χ4v) is 0.483. The molecule has 1 rings (SSSR count). The highest BCUT2D eigenvalue weighted by Gasteiger charge is 1.77.